The number of hydrogen-bond acceptors (Lipinski definition) is 9. The predicted molar refractivity (Wildman–Crippen MR) is 133 cm³/mol. The zero-order valence-electron chi connectivity index (χ0n) is 21.0. The fraction of sp³-hybridized carbons (Fsp3) is 0.500. The van der Waals surface area contributed by atoms with Crippen LogP contribution in [0.25, 0.3) is 10.8 Å². The highest BCUT2D eigenvalue weighted by Gasteiger charge is 2.56. The molecule has 3 aliphatic heterocycles. The molecular weight excluding hydrogens is 496 g/mol. The molecule has 0 aromatic heterocycles. The molecule has 0 spiro atoms. The van der Waals surface area contributed by atoms with Crippen LogP contribution in [0.3, 0.4) is 0 Å². The zero-order valence-corrected chi connectivity index (χ0v) is 21.0. The number of fused-ring (bicyclic) bond motifs is 5. The number of benzene rings is 2. The first-order valence-corrected chi connectivity index (χ1v) is 12.6. The van der Waals surface area contributed by atoms with Crippen molar-refractivity contribution in [2.45, 2.75) is 82.3 Å². The molecule has 10 nitrogen and oxygen atoms in total. The van der Waals surface area contributed by atoms with E-state index in [2.05, 4.69) is 12.0 Å². The Morgan fingerprint density at radius 3 is 2.50 bits per heavy atom. The van der Waals surface area contributed by atoms with E-state index in [1.54, 1.807) is 13.0 Å². The third-order valence-electron chi connectivity index (χ3n) is 7.92. The highest BCUT2D eigenvalue weighted by atomic mass is 16.7. The van der Waals surface area contributed by atoms with Crippen molar-refractivity contribution in [3.8, 4) is 23.5 Å². The van der Waals surface area contributed by atoms with Crippen molar-refractivity contribution in [3.63, 3.8) is 0 Å². The van der Waals surface area contributed by atoms with E-state index in [1.165, 1.54) is 13.0 Å². The van der Waals surface area contributed by atoms with Crippen LogP contribution in [-0.4, -0.2) is 73.6 Å². The Morgan fingerprint density at radius 2 is 1.84 bits per heavy atom. The number of aliphatic hydroxyl groups is 3. The summed E-state index contributed by atoms with van der Waals surface area (Å²) in [4.78, 5) is 24.1. The summed E-state index contributed by atoms with van der Waals surface area (Å²) in [5, 5.41) is 54.5. The number of carboxylic acids is 1. The number of Topliss-reactive ketones (excluding diaryl/α,β-unsaturated/α-hetero) is 1. The molecule has 2 aromatic carbocycles. The fourth-order valence-electron chi connectivity index (χ4n) is 5.87. The fourth-order valence-corrected chi connectivity index (χ4v) is 5.87. The molecule has 202 valence electrons. The number of phenolic OH excluding ortho intramolecular Hbond substituents is 1. The molecule has 0 unspecified atom stereocenters. The van der Waals surface area contributed by atoms with Gasteiger partial charge < -0.3 is 39.7 Å². The van der Waals surface area contributed by atoms with Gasteiger partial charge in [0.2, 0.25) is 6.29 Å². The van der Waals surface area contributed by atoms with Gasteiger partial charge in [0.05, 0.1) is 22.1 Å². The Bertz CT molecular complexity index is 1350. The van der Waals surface area contributed by atoms with Crippen LogP contribution in [0.5, 0.6) is 11.5 Å². The van der Waals surface area contributed by atoms with Gasteiger partial charge in [0.1, 0.15) is 35.9 Å². The maximum absolute atomic E-state index is 12.2. The lowest BCUT2D eigenvalue weighted by molar-refractivity contribution is -0.308. The van der Waals surface area contributed by atoms with Crippen molar-refractivity contribution in [2.75, 3.05) is 0 Å². The number of phenols is 1. The molecule has 2 fully saturated rings. The molecule has 6 rings (SSSR count). The lowest BCUT2D eigenvalue weighted by atomic mass is 9.72. The molecular formula is C28H30O10. The Hall–Kier alpha value is -3.36. The average molecular weight is 527 g/mol. The van der Waals surface area contributed by atoms with Gasteiger partial charge >= 0.3 is 5.97 Å². The molecule has 2 bridgehead atoms. The molecule has 5 N–H and O–H groups in total. The molecule has 2 aromatic rings. The highest BCUT2D eigenvalue weighted by Crippen LogP contribution is 2.44. The van der Waals surface area contributed by atoms with Gasteiger partial charge in [-0.2, -0.15) is 0 Å². The monoisotopic (exact) mass is 526 g/mol. The van der Waals surface area contributed by atoms with Gasteiger partial charge in [-0.3, -0.25) is 4.79 Å². The summed E-state index contributed by atoms with van der Waals surface area (Å²) in [5.41, 5.74) is -1.06. The number of carbonyl (C=O) groups is 2. The predicted octanol–water partition coefficient (Wildman–Crippen LogP) is 2.25. The van der Waals surface area contributed by atoms with E-state index >= 15 is 0 Å². The Labute approximate surface area is 218 Å². The molecule has 5 atom stereocenters. The number of carboxylic acid groups (broad SMARTS) is 1. The van der Waals surface area contributed by atoms with Crippen molar-refractivity contribution in [3.05, 3.63) is 34.9 Å². The third-order valence-corrected chi connectivity index (χ3v) is 7.92. The summed E-state index contributed by atoms with van der Waals surface area (Å²) in [7, 11) is 0. The van der Waals surface area contributed by atoms with E-state index in [-0.39, 0.29) is 27.6 Å². The van der Waals surface area contributed by atoms with Crippen molar-refractivity contribution in [1.82, 2.24) is 0 Å². The molecule has 1 saturated carbocycles. The topological polar surface area (TPSA) is 163 Å². The molecule has 1 aliphatic carbocycles. The van der Waals surface area contributed by atoms with Crippen molar-refractivity contribution >= 4 is 22.5 Å². The van der Waals surface area contributed by atoms with E-state index in [1.807, 2.05) is 0 Å². The normalized spacial score (nSPS) is 32.4. The number of carbonyl (C=O) groups excluding carboxylic acids is 1. The van der Waals surface area contributed by atoms with Crippen LogP contribution in [0.1, 0.15) is 65.3 Å². The van der Waals surface area contributed by atoms with Gasteiger partial charge in [-0.25, -0.2) is 4.79 Å². The largest absolute Gasteiger partial charge is 0.506 e. The van der Waals surface area contributed by atoms with Gasteiger partial charge in [-0.1, -0.05) is 12.0 Å². The minimum atomic E-state index is -1.68. The molecule has 38 heavy (non-hydrogen) atoms. The number of hydrogen-bond donors (Lipinski definition) is 5. The summed E-state index contributed by atoms with van der Waals surface area (Å²) in [5.74, 6) is 0.990. The first-order chi connectivity index (χ1) is 18.0. The number of ketones is 1. The summed E-state index contributed by atoms with van der Waals surface area (Å²) >= 11 is 0. The first kappa shape index (κ1) is 26.3. The van der Waals surface area contributed by atoms with Gasteiger partial charge in [-0.05, 0) is 68.5 Å². The summed E-state index contributed by atoms with van der Waals surface area (Å²) in [6.45, 7) is 2.91. The third kappa shape index (κ3) is 4.46. The molecule has 3 heterocycles. The van der Waals surface area contributed by atoms with Crippen LogP contribution in [0, 0.1) is 24.9 Å². The Morgan fingerprint density at radius 1 is 1.13 bits per heavy atom. The van der Waals surface area contributed by atoms with Crippen LogP contribution < -0.4 is 4.74 Å². The average Bonchev–Trinajstić information content (AvgIpc) is 2.86. The molecule has 10 heteroatoms. The lowest BCUT2D eigenvalue weighted by Crippen LogP contribution is -2.66. The van der Waals surface area contributed by atoms with Gasteiger partial charge in [0.25, 0.3) is 0 Å². The summed E-state index contributed by atoms with van der Waals surface area (Å²) in [6, 6.07) is 4.04. The van der Waals surface area contributed by atoms with Crippen molar-refractivity contribution < 1.29 is 49.3 Å². The quantitative estimate of drug-likeness (QED) is 0.295. The maximum atomic E-state index is 12.2. The second kappa shape index (κ2) is 9.75. The Balaban J connectivity index is 1.58. The number of rotatable bonds is 4. The van der Waals surface area contributed by atoms with Gasteiger partial charge in [0.15, 0.2) is 11.9 Å². The highest BCUT2D eigenvalue weighted by molar-refractivity contribution is 6.08. The first-order valence-electron chi connectivity index (χ1n) is 12.6. The Kier molecular flexibility index (Phi) is 6.73. The van der Waals surface area contributed by atoms with E-state index in [4.69, 9.17) is 14.2 Å². The smallest absolute Gasteiger partial charge is 0.335 e. The summed E-state index contributed by atoms with van der Waals surface area (Å²) in [6.07, 6.45) is -1.77. The van der Waals surface area contributed by atoms with Gasteiger partial charge in [-0.15, -0.1) is 0 Å². The number of aryl methyl sites for hydroxylation is 1. The van der Waals surface area contributed by atoms with E-state index in [0.29, 0.717) is 43.6 Å². The van der Waals surface area contributed by atoms with Crippen molar-refractivity contribution in [2.24, 2.45) is 5.92 Å². The van der Waals surface area contributed by atoms with E-state index in [9.17, 15) is 35.1 Å². The number of aromatic carboxylic acids is 1. The second-order valence-electron chi connectivity index (χ2n) is 10.5. The summed E-state index contributed by atoms with van der Waals surface area (Å²) < 4.78 is 17.6. The molecule has 4 aliphatic rings. The van der Waals surface area contributed by atoms with Crippen LogP contribution in [0.4, 0.5) is 0 Å². The lowest BCUT2D eigenvalue weighted by Gasteiger charge is -2.49. The van der Waals surface area contributed by atoms with Crippen LogP contribution in [0.15, 0.2) is 18.2 Å². The van der Waals surface area contributed by atoms with Crippen LogP contribution in [0.2, 0.25) is 0 Å². The minimum absolute atomic E-state index is 0.0426. The zero-order chi connectivity index (χ0) is 27.4. The minimum Gasteiger partial charge on any atom is -0.506 e. The molecule has 0 amide bonds. The van der Waals surface area contributed by atoms with E-state index in [0.717, 1.165) is 6.07 Å². The number of ether oxygens (including phenoxy) is 3. The van der Waals surface area contributed by atoms with Crippen LogP contribution in [-0.2, 0) is 9.47 Å². The van der Waals surface area contributed by atoms with E-state index < -0.39 is 53.8 Å². The number of aromatic hydroxyl groups is 1. The standard InChI is InChI=1S/C28H30O10/c1-13-10-16-11-17(26(33)34)12-18(20(16)21(30)19(13)14(2)29)37-27-23(32)22(31)24-25(38-27)28(35)7-5-15(6-8-28)4-3-9-36-24/h10-12,15,22-25,27,30-32,35H,4-8H2,1-2H3,(H,33,34)/t15?,22-,23-,24+,25+,27-,28?/m1/s1. The maximum Gasteiger partial charge on any atom is 0.335 e. The molecule has 0 radical (unpaired) electrons. The van der Waals surface area contributed by atoms with Crippen molar-refractivity contribution in [1.29, 1.82) is 0 Å². The number of aliphatic hydroxyl groups excluding tert-OH is 2. The second-order valence-corrected chi connectivity index (χ2v) is 10.5. The molecule has 1 saturated heterocycles. The van der Waals surface area contributed by atoms with Crippen LogP contribution >= 0.6 is 0 Å². The SMILES string of the molecule is CC(=O)c1c(C)cc2cc(C(=O)O)cc(O[C@@H]3O[C@H]4[C@@H](OC#CCC5CCC4(O)CC5)[C@H](O)[C@H]3O)c2c1O. The van der Waals surface area contributed by atoms with Gasteiger partial charge in [0, 0.05) is 6.42 Å².